The fourth-order valence-electron chi connectivity index (χ4n) is 5.08. The van der Waals surface area contributed by atoms with E-state index in [0.717, 1.165) is 23.1 Å². The minimum atomic E-state index is -0.784. The molecule has 9 heteroatoms. The van der Waals surface area contributed by atoms with Crippen molar-refractivity contribution >= 4 is 29.4 Å². The van der Waals surface area contributed by atoms with Gasteiger partial charge in [0.2, 0.25) is 11.8 Å². The number of likely N-dealkylation sites (tertiary alicyclic amines) is 1. The van der Waals surface area contributed by atoms with Gasteiger partial charge in [-0.2, -0.15) is 0 Å². The Labute approximate surface area is 221 Å². The molecule has 0 bridgehead atoms. The highest BCUT2D eigenvalue weighted by Crippen LogP contribution is 2.38. The molecule has 7 nitrogen and oxygen atoms in total. The number of rotatable bonds is 11. The van der Waals surface area contributed by atoms with Crippen LogP contribution in [0, 0.1) is 11.7 Å². The molecule has 1 N–H and O–H groups in total. The molecule has 0 spiro atoms. The number of carbonyl (C=O) groups is 3. The molecule has 1 aliphatic carbocycles. The van der Waals surface area contributed by atoms with Gasteiger partial charge < -0.3 is 9.84 Å². The number of carbonyl (C=O) groups excluding carboxylic acids is 2. The smallest absolute Gasteiger partial charge is 0.306 e. The summed E-state index contributed by atoms with van der Waals surface area (Å²) in [5.41, 5.74) is 2.82. The van der Waals surface area contributed by atoms with Crippen LogP contribution >= 0.6 is 11.6 Å². The van der Waals surface area contributed by atoms with Crippen molar-refractivity contribution < 1.29 is 28.6 Å². The van der Waals surface area contributed by atoms with Crippen LogP contribution in [0.5, 0.6) is 5.75 Å². The molecule has 2 fully saturated rings. The Bertz CT molecular complexity index is 1170. The second-order valence-electron chi connectivity index (χ2n) is 9.77. The van der Waals surface area contributed by atoms with Crippen LogP contribution in [-0.2, 0) is 27.3 Å². The number of amides is 2. The Morgan fingerprint density at radius 2 is 1.89 bits per heavy atom. The average Bonchev–Trinajstić information content (AvgIpc) is 3.16. The van der Waals surface area contributed by atoms with E-state index < -0.39 is 11.8 Å². The third-order valence-corrected chi connectivity index (χ3v) is 7.76. The van der Waals surface area contributed by atoms with Crippen molar-refractivity contribution in [1.29, 1.82) is 0 Å². The number of imide groups is 1. The maximum absolute atomic E-state index is 14.2. The van der Waals surface area contributed by atoms with Gasteiger partial charge >= 0.3 is 5.97 Å². The Morgan fingerprint density at radius 1 is 1.19 bits per heavy atom. The van der Waals surface area contributed by atoms with Crippen LogP contribution in [0.4, 0.5) is 4.39 Å². The van der Waals surface area contributed by atoms with Gasteiger partial charge in [-0.25, -0.2) is 4.39 Å². The van der Waals surface area contributed by atoms with Gasteiger partial charge in [-0.15, -0.1) is 0 Å². The van der Waals surface area contributed by atoms with E-state index in [9.17, 15) is 23.9 Å². The summed E-state index contributed by atoms with van der Waals surface area (Å²) in [7, 11) is 0. The van der Waals surface area contributed by atoms with E-state index in [1.807, 2.05) is 26.0 Å². The van der Waals surface area contributed by atoms with E-state index in [0.29, 0.717) is 25.1 Å². The predicted octanol–water partition coefficient (Wildman–Crippen LogP) is 5.00. The summed E-state index contributed by atoms with van der Waals surface area (Å²) in [6.07, 6.45) is 2.35. The van der Waals surface area contributed by atoms with Crippen LogP contribution < -0.4 is 4.74 Å². The number of hydrogen-bond donors (Lipinski definition) is 1. The molecule has 1 saturated carbocycles. The minimum absolute atomic E-state index is 0.0615. The minimum Gasteiger partial charge on any atom is -0.491 e. The highest BCUT2D eigenvalue weighted by Gasteiger charge is 2.40. The van der Waals surface area contributed by atoms with Gasteiger partial charge in [0.05, 0.1) is 17.5 Å². The van der Waals surface area contributed by atoms with E-state index in [1.165, 1.54) is 11.0 Å². The molecule has 2 aromatic rings. The normalized spacial score (nSPS) is 20.3. The number of aryl methyl sites for hydroxylation is 1. The first-order chi connectivity index (χ1) is 17.7. The molecule has 37 heavy (non-hydrogen) atoms. The summed E-state index contributed by atoms with van der Waals surface area (Å²) in [4.78, 5) is 38.5. The van der Waals surface area contributed by atoms with Crippen LogP contribution in [-0.4, -0.2) is 51.9 Å². The van der Waals surface area contributed by atoms with Crippen molar-refractivity contribution in [3.63, 3.8) is 0 Å². The van der Waals surface area contributed by atoms with Crippen LogP contribution in [0.2, 0.25) is 5.02 Å². The summed E-state index contributed by atoms with van der Waals surface area (Å²) in [6, 6.07) is 10.6. The third-order valence-electron chi connectivity index (χ3n) is 7.45. The van der Waals surface area contributed by atoms with Crippen LogP contribution in [0.25, 0.3) is 0 Å². The van der Waals surface area contributed by atoms with Crippen molar-refractivity contribution in [3.05, 3.63) is 63.9 Å². The second kappa shape index (κ2) is 11.6. The lowest BCUT2D eigenvalue weighted by Gasteiger charge is -2.44. The fraction of sp³-hybridized carbons (Fsp3) is 0.464. The monoisotopic (exact) mass is 530 g/mol. The van der Waals surface area contributed by atoms with Crippen molar-refractivity contribution in [3.8, 4) is 5.75 Å². The molecule has 0 radical (unpaired) electrons. The highest BCUT2D eigenvalue weighted by atomic mass is 35.5. The molecule has 2 amide bonds. The van der Waals surface area contributed by atoms with Gasteiger partial charge in [0.25, 0.3) is 0 Å². The highest BCUT2D eigenvalue weighted by molar-refractivity contribution is 6.30. The average molecular weight is 531 g/mol. The number of halogens is 2. The summed E-state index contributed by atoms with van der Waals surface area (Å²) in [6.45, 7) is 5.05. The lowest BCUT2D eigenvalue weighted by atomic mass is 9.78. The SMILES string of the molecule is CCc1cc(CN(C2CC(C(=O)O)C2)C(C)c2ccc(Cl)c(F)c2)ccc1OCCN1C(=O)CCC1=O. The first-order valence-corrected chi connectivity index (χ1v) is 13.1. The summed E-state index contributed by atoms with van der Waals surface area (Å²) in [5, 5.41) is 9.44. The number of nitrogens with zero attached hydrogens (tertiary/aromatic N) is 2. The van der Waals surface area contributed by atoms with E-state index >= 15 is 0 Å². The maximum atomic E-state index is 14.2. The van der Waals surface area contributed by atoms with Gasteiger partial charge in [0.15, 0.2) is 0 Å². The first kappa shape index (κ1) is 27.1. The van der Waals surface area contributed by atoms with Gasteiger partial charge in [-0.1, -0.05) is 36.7 Å². The molecule has 2 aliphatic rings. The summed E-state index contributed by atoms with van der Waals surface area (Å²) >= 11 is 5.88. The standard InChI is InChI=1S/C28H32ClFN2O5/c1-3-19-12-18(4-7-25(19)37-11-10-31-26(33)8-9-27(31)34)16-32(22-13-21(14-22)28(35)36)17(2)20-5-6-23(29)24(30)15-20/h4-7,12,15,17,21-22H,3,8-11,13-14,16H2,1-2H3,(H,35,36). The molecular weight excluding hydrogens is 499 g/mol. The topological polar surface area (TPSA) is 87.2 Å². The predicted molar refractivity (Wildman–Crippen MR) is 137 cm³/mol. The summed E-state index contributed by atoms with van der Waals surface area (Å²) in [5.74, 6) is -1.23. The molecular formula is C28H32ClFN2O5. The second-order valence-corrected chi connectivity index (χ2v) is 10.2. The molecule has 2 aromatic carbocycles. The Kier molecular flexibility index (Phi) is 8.49. The number of hydrogen-bond acceptors (Lipinski definition) is 5. The van der Waals surface area contributed by atoms with E-state index in [4.69, 9.17) is 16.3 Å². The van der Waals surface area contributed by atoms with E-state index in [1.54, 1.807) is 12.1 Å². The van der Waals surface area contributed by atoms with Crippen LogP contribution in [0.1, 0.15) is 62.3 Å². The van der Waals surface area contributed by atoms with E-state index in [-0.39, 0.29) is 60.8 Å². The van der Waals surface area contributed by atoms with Crippen molar-refractivity contribution in [2.45, 2.75) is 64.6 Å². The molecule has 1 atom stereocenters. The number of carboxylic acids is 1. The molecule has 0 aromatic heterocycles. The number of aliphatic carboxylic acids is 1. The molecule has 198 valence electrons. The van der Waals surface area contributed by atoms with Crippen molar-refractivity contribution in [2.75, 3.05) is 13.2 Å². The Hall–Kier alpha value is -2.97. The lowest BCUT2D eigenvalue weighted by Crippen LogP contribution is -2.47. The largest absolute Gasteiger partial charge is 0.491 e. The van der Waals surface area contributed by atoms with Crippen LogP contribution in [0.15, 0.2) is 36.4 Å². The summed E-state index contributed by atoms with van der Waals surface area (Å²) < 4.78 is 20.1. The number of carboxylic acid groups (broad SMARTS) is 1. The zero-order valence-electron chi connectivity index (χ0n) is 21.1. The fourth-order valence-corrected chi connectivity index (χ4v) is 5.20. The zero-order valence-corrected chi connectivity index (χ0v) is 21.8. The number of benzene rings is 2. The van der Waals surface area contributed by atoms with Gasteiger partial charge in [-0.05, 0) is 61.1 Å². The first-order valence-electron chi connectivity index (χ1n) is 12.7. The molecule has 1 heterocycles. The molecule has 4 rings (SSSR count). The van der Waals surface area contributed by atoms with Gasteiger partial charge in [0, 0.05) is 31.5 Å². The molecule has 1 aliphatic heterocycles. The van der Waals surface area contributed by atoms with Gasteiger partial charge in [-0.3, -0.25) is 24.2 Å². The quantitative estimate of drug-likeness (QED) is 0.412. The van der Waals surface area contributed by atoms with Crippen molar-refractivity contribution in [1.82, 2.24) is 9.80 Å². The Morgan fingerprint density at radius 3 is 2.51 bits per heavy atom. The van der Waals surface area contributed by atoms with E-state index in [2.05, 4.69) is 11.0 Å². The number of ether oxygens (including phenoxy) is 1. The lowest BCUT2D eigenvalue weighted by molar-refractivity contribution is -0.147. The molecule has 1 unspecified atom stereocenters. The maximum Gasteiger partial charge on any atom is 0.306 e. The third kappa shape index (κ3) is 6.13. The zero-order chi connectivity index (χ0) is 26.7. The Balaban J connectivity index is 1.48. The van der Waals surface area contributed by atoms with Crippen molar-refractivity contribution in [2.24, 2.45) is 5.92 Å². The van der Waals surface area contributed by atoms with Crippen LogP contribution in [0.3, 0.4) is 0 Å². The molecule has 1 saturated heterocycles. The van der Waals surface area contributed by atoms with Gasteiger partial charge in [0.1, 0.15) is 18.2 Å².